The average Bonchev–Trinajstić information content (AvgIpc) is 2.13. The first kappa shape index (κ1) is 10.1. The smallest absolute Gasteiger partial charge is 0.315 e. The Balaban J connectivity index is 2.48. The number of carboxylic acids is 1. The number of carbonyl (C=O) groups excluding carboxylic acids is 1. The number of Topliss-reactive ketones (excluding diaryl/α,β-unsaturated/α-hetero) is 1. The number of hydrogen-bond donors (Lipinski definition) is 1. The van der Waals surface area contributed by atoms with Gasteiger partial charge in [-0.15, -0.1) is 0 Å². The zero-order valence-corrected chi connectivity index (χ0v) is 8.49. The van der Waals surface area contributed by atoms with Gasteiger partial charge < -0.3 is 5.11 Å². The van der Waals surface area contributed by atoms with Crippen LogP contribution < -0.4 is 0 Å². The lowest BCUT2D eigenvalue weighted by atomic mass is 9.64. The summed E-state index contributed by atoms with van der Waals surface area (Å²) in [6.45, 7) is 0. The Bertz CT molecular complexity index is 436. The van der Waals surface area contributed by atoms with Gasteiger partial charge in [0.05, 0.1) is 0 Å². The van der Waals surface area contributed by atoms with Crippen LogP contribution in [0.5, 0.6) is 0 Å². The van der Waals surface area contributed by atoms with Crippen molar-refractivity contribution in [3.8, 4) is 0 Å². The molecule has 0 aromatic carbocycles. The van der Waals surface area contributed by atoms with Crippen LogP contribution in [0.1, 0.15) is 18.4 Å². The molecule has 1 aliphatic rings. The predicted octanol–water partition coefficient (Wildman–Crippen LogP) is 1.42. The van der Waals surface area contributed by atoms with Crippen molar-refractivity contribution in [3.63, 3.8) is 0 Å². The summed E-state index contributed by atoms with van der Waals surface area (Å²) in [6.07, 6.45) is 1.50. The molecular formula is C10H8ClNO3. The topological polar surface area (TPSA) is 67.3 Å². The Morgan fingerprint density at radius 2 is 2.20 bits per heavy atom. The fourth-order valence-corrected chi connectivity index (χ4v) is 2.12. The molecule has 1 N–H and O–H groups in total. The maximum atomic E-state index is 11.2. The van der Waals surface area contributed by atoms with Gasteiger partial charge in [0, 0.05) is 24.6 Å². The molecule has 0 amide bonds. The van der Waals surface area contributed by atoms with Crippen LogP contribution in [0.2, 0.25) is 5.15 Å². The summed E-state index contributed by atoms with van der Waals surface area (Å²) in [7, 11) is 0. The van der Waals surface area contributed by atoms with E-state index in [0.717, 1.165) is 0 Å². The molecule has 0 bridgehead atoms. The first-order valence-corrected chi connectivity index (χ1v) is 4.80. The standard InChI is InChI=1S/C10H8ClNO3/c11-8-7(2-1-3-12-8)10(9(14)15)4-6(13)5-10/h1-3H,4-5H2,(H,14,15). The molecular weight excluding hydrogens is 218 g/mol. The van der Waals surface area contributed by atoms with E-state index < -0.39 is 11.4 Å². The van der Waals surface area contributed by atoms with Crippen LogP contribution in [-0.4, -0.2) is 21.8 Å². The minimum atomic E-state index is -1.15. The van der Waals surface area contributed by atoms with Crippen molar-refractivity contribution >= 4 is 23.4 Å². The van der Waals surface area contributed by atoms with E-state index in [2.05, 4.69) is 4.98 Å². The maximum absolute atomic E-state index is 11.2. The molecule has 1 aromatic rings. The van der Waals surface area contributed by atoms with E-state index in [9.17, 15) is 9.59 Å². The molecule has 78 valence electrons. The van der Waals surface area contributed by atoms with Crippen LogP contribution in [0.3, 0.4) is 0 Å². The number of aromatic nitrogens is 1. The van der Waals surface area contributed by atoms with Crippen LogP contribution in [0.25, 0.3) is 0 Å². The van der Waals surface area contributed by atoms with Crippen LogP contribution in [0.4, 0.5) is 0 Å². The molecule has 0 unspecified atom stereocenters. The van der Waals surface area contributed by atoms with Crippen LogP contribution >= 0.6 is 11.6 Å². The van der Waals surface area contributed by atoms with Gasteiger partial charge in [0.15, 0.2) is 0 Å². The molecule has 0 radical (unpaired) electrons. The summed E-state index contributed by atoms with van der Waals surface area (Å²) in [5.74, 6) is -1.07. The van der Waals surface area contributed by atoms with Gasteiger partial charge in [-0.1, -0.05) is 17.7 Å². The zero-order valence-electron chi connectivity index (χ0n) is 7.74. The maximum Gasteiger partial charge on any atom is 0.315 e. The van der Waals surface area contributed by atoms with Crippen molar-refractivity contribution in [1.82, 2.24) is 4.98 Å². The summed E-state index contributed by atoms with van der Waals surface area (Å²) in [5, 5.41) is 9.30. The number of ketones is 1. The molecule has 5 heteroatoms. The molecule has 1 fully saturated rings. The van der Waals surface area contributed by atoms with Crippen molar-refractivity contribution in [2.45, 2.75) is 18.3 Å². The van der Waals surface area contributed by atoms with Crippen molar-refractivity contribution in [2.75, 3.05) is 0 Å². The number of pyridine rings is 1. The molecule has 1 aliphatic carbocycles. The van der Waals surface area contributed by atoms with Gasteiger partial charge in [0.25, 0.3) is 0 Å². The van der Waals surface area contributed by atoms with Crippen molar-refractivity contribution < 1.29 is 14.7 Å². The fraction of sp³-hybridized carbons (Fsp3) is 0.300. The number of nitrogens with zero attached hydrogens (tertiary/aromatic N) is 1. The molecule has 15 heavy (non-hydrogen) atoms. The Labute approximate surface area is 90.9 Å². The monoisotopic (exact) mass is 225 g/mol. The highest BCUT2D eigenvalue weighted by molar-refractivity contribution is 6.30. The number of carboxylic acid groups (broad SMARTS) is 1. The number of aliphatic carboxylic acids is 1. The minimum Gasteiger partial charge on any atom is -0.481 e. The number of rotatable bonds is 2. The van der Waals surface area contributed by atoms with E-state index in [1.54, 1.807) is 12.1 Å². The van der Waals surface area contributed by atoms with E-state index in [4.69, 9.17) is 16.7 Å². The molecule has 0 saturated heterocycles. The number of hydrogen-bond acceptors (Lipinski definition) is 3. The summed E-state index contributed by atoms with van der Waals surface area (Å²) < 4.78 is 0. The van der Waals surface area contributed by atoms with E-state index >= 15 is 0 Å². The highest BCUT2D eigenvalue weighted by Crippen LogP contribution is 2.43. The lowest BCUT2D eigenvalue weighted by molar-refractivity contribution is -0.153. The van der Waals surface area contributed by atoms with Gasteiger partial charge in [-0.25, -0.2) is 4.98 Å². The van der Waals surface area contributed by atoms with Gasteiger partial charge in [-0.3, -0.25) is 9.59 Å². The van der Waals surface area contributed by atoms with Crippen molar-refractivity contribution in [3.05, 3.63) is 29.0 Å². The van der Waals surface area contributed by atoms with Gasteiger partial charge in [0.2, 0.25) is 0 Å². The second-order valence-corrected chi connectivity index (χ2v) is 3.98. The lowest BCUT2D eigenvalue weighted by Crippen LogP contribution is -2.48. The second kappa shape index (κ2) is 3.31. The summed E-state index contributed by atoms with van der Waals surface area (Å²) in [4.78, 5) is 26.0. The average molecular weight is 226 g/mol. The lowest BCUT2D eigenvalue weighted by Gasteiger charge is -2.36. The SMILES string of the molecule is O=C1CC(C(=O)O)(c2cccnc2Cl)C1. The molecule has 4 nitrogen and oxygen atoms in total. The first-order valence-electron chi connectivity index (χ1n) is 4.42. The zero-order chi connectivity index (χ0) is 11.1. The third-order valence-electron chi connectivity index (χ3n) is 2.68. The van der Waals surface area contributed by atoms with E-state index in [-0.39, 0.29) is 23.8 Å². The molecule has 2 rings (SSSR count). The second-order valence-electron chi connectivity index (χ2n) is 3.62. The fourth-order valence-electron chi connectivity index (χ4n) is 1.82. The Kier molecular flexibility index (Phi) is 2.23. The summed E-state index contributed by atoms with van der Waals surface area (Å²) in [5.41, 5.74) is -0.721. The molecule has 0 atom stereocenters. The van der Waals surface area contributed by atoms with Crippen LogP contribution in [0, 0.1) is 0 Å². The number of halogens is 1. The molecule has 1 heterocycles. The van der Waals surface area contributed by atoms with Crippen molar-refractivity contribution in [2.24, 2.45) is 0 Å². The quantitative estimate of drug-likeness (QED) is 0.773. The highest BCUT2D eigenvalue weighted by atomic mass is 35.5. The Morgan fingerprint density at radius 3 is 2.67 bits per heavy atom. The highest BCUT2D eigenvalue weighted by Gasteiger charge is 2.52. The van der Waals surface area contributed by atoms with E-state index in [1.807, 2.05) is 0 Å². The third-order valence-corrected chi connectivity index (χ3v) is 2.98. The first-order chi connectivity index (χ1) is 7.06. The molecule has 0 aliphatic heterocycles. The molecule has 1 saturated carbocycles. The summed E-state index contributed by atoms with van der Waals surface area (Å²) in [6, 6.07) is 3.23. The Morgan fingerprint density at radius 1 is 1.53 bits per heavy atom. The predicted molar refractivity (Wildman–Crippen MR) is 52.8 cm³/mol. The van der Waals surface area contributed by atoms with Gasteiger partial charge in [-0.05, 0) is 6.07 Å². The van der Waals surface area contributed by atoms with Crippen molar-refractivity contribution in [1.29, 1.82) is 0 Å². The van der Waals surface area contributed by atoms with Gasteiger partial charge >= 0.3 is 5.97 Å². The van der Waals surface area contributed by atoms with E-state index in [1.165, 1.54) is 6.20 Å². The molecule has 1 aromatic heterocycles. The Hall–Kier alpha value is -1.42. The van der Waals surface area contributed by atoms with Crippen LogP contribution in [-0.2, 0) is 15.0 Å². The van der Waals surface area contributed by atoms with Gasteiger partial charge in [-0.2, -0.15) is 0 Å². The summed E-state index contributed by atoms with van der Waals surface area (Å²) >= 11 is 5.83. The largest absolute Gasteiger partial charge is 0.481 e. The number of carbonyl (C=O) groups is 2. The minimum absolute atomic E-state index is 0.00769. The van der Waals surface area contributed by atoms with Crippen LogP contribution in [0.15, 0.2) is 18.3 Å². The van der Waals surface area contributed by atoms with E-state index in [0.29, 0.717) is 5.56 Å². The normalized spacial score (nSPS) is 18.3. The molecule has 0 spiro atoms. The van der Waals surface area contributed by atoms with Gasteiger partial charge in [0.1, 0.15) is 16.4 Å². The third kappa shape index (κ3) is 1.41.